The molecular weight excluding hydrogens is 765 g/mol. The third kappa shape index (κ3) is 10.4. The molecule has 0 aliphatic carbocycles. The molecule has 0 unspecified atom stereocenters. The molecule has 5 amide bonds. The van der Waals surface area contributed by atoms with E-state index >= 15 is 0 Å². The van der Waals surface area contributed by atoms with Gasteiger partial charge in [-0.1, -0.05) is 78.0 Å². The number of amides is 5. The topological polar surface area (TPSA) is 183 Å². The summed E-state index contributed by atoms with van der Waals surface area (Å²) in [6.07, 6.45) is 2.43. The van der Waals surface area contributed by atoms with Crippen molar-refractivity contribution in [1.29, 1.82) is 0 Å². The number of nitrogens with zero attached hydrogens (tertiary/aromatic N) is 6. The quantitative estimate of drug-likeness (QED) is 0.189. The van der Waals surface area contributed by atoms with Gasteiger partial charge in [0.1, 0.15) is 42.2 Å². The highest BCUT2D eigenvalue weighted by Crippen LogP contribution is 2.29. The number of rotatable bonds is 9. The lowest BCUT2D eigenvalue weighted by molar-refractivity contribution is -0.142. The van der Waals surface area contributed by atoms with E-state index in [0.717, 1.165) is 16.7 Å². The Morgan fingerprint density at radius 1 is 0.883 bits per heavy atom. The van der Waals surface area contributed by atoms with Crippen molar-refractivity contribution in [3.63, 3.8) is 0 Å². The molecule has 1 aromatic heterocycles. The Labute approximate surface area is 350 Å². The Morgan fingerprint density at radius 2 is 1.57 bits per heavy atom. The van der Waals surface area contributed by atoms with Gasteiger partial charge in [-0.3, -0.25) is 24.0 Å². The van der Waals surface area contributed by atoms with Gasteiger partial charge in [-0.15, -0.1) is 5.10 Å². The van der Waals surface area contributed by atoms with Gasteiger partial charge in [0, 0.05) is 58.4 Å². The largest absolute Gasteiger partial charge is 0.487 e. The van der Waals surface area contributed by atoms with Crippen molar-refractivity contribution in [3.8, 4) is 5.75 Å². The SMILES string of the molecule is CN[C@@H](C)C(=O)N[C@@H](Cc1ccccc1)C(=O)N1C[C@@H]2C[C@H]1C(=O)N[C@@H](Cc1ccccc1)C(=O)N[C@H](C(=O)N1CCN(C)CC1)Cc1ccc(cc1)OCc1cn2nn1. The number of carbonyl (C=O) groups is 5. The van der Waals surface area contributed by atoms with Crippen molar-refractivity contribution in [1.82, 2.24) is 51.0 Å². The first-order valence-electron chi connectivity index (χ1n) is 20.6. The van der Waals surface area contributed by atoms with E-state index in [-0.39, 0.29) is 50.6 Å². The molecule has 4 N–H and O–H groups in total. The lowest BCUT2D eigenvalue weighted by Gasteiger charge is -2.35. The second kappa shape index (κ2) is 19.3. The maximum atomic E-state index is 14.8. The second-order valence-corrected chi connectivity index (χ2v) is 15.9. The van der Waals surface area contributed by atoms with Gasteiger partial charge in [0.25, 0.3) is 0 Å². The zero-order valence-electron chi connectivity index (χ0n) is 34.3. The number of aromatic nitrogens is 3. The summed E-state index contributed by atoms with van der Waals surface area (Å²) in [4.78, 5) is 77.0. The number of hydrogen-bond donors (Lipinski definition) is 4. The molecule has 5 heterocycles. The molecule has 16 nitrogen and oxygen atoms in total. The van der Waals surface area contributed by atoms with E-state index < -0.39 is 54.0 Å². The fourth-order valence-corrected chi connectivity index (χ4v) is 7.89. The molecule has 0 saturated carbocycles. The summed E-state index contributed by atoms with van der Waals surface area (Å²) in [5.74, 6) is -1.51. The van der Waals surface area contributed by atoms with Crippen LogP contribution in [0, 0.1) is 0 Å². The van der Waals surface area contributed by atoms with E-state index in [2.05, 4.69) is 36.5 Å². The van der Waals surface area contributed by atoms with Gasteiger partial charge >= 0.3 is 0 Å². The molecule has 60 heavy (non-hydrogen) atoms. The average molecular weight is 819 g/mol. The molecular formula is C44H54N10O6. The number of carbonyl (C=O) groups excluding carboxylic acids is 5. The number of likely N-dealkylation sites (tertiary alicyclic amines) is 1. The summed E-state index contributed by atoms with van der Waals surface area (Å²) in [5, 5.41) is 20.6. The standard InChI is InChI=1S/C44H54N10O6/c1-29(45-2)40(55)47-38(23-31-12-8-5-9-13-31)44(59)53-27-34-25-39(53)42(57)46-36(22-30-10-6-4-7-11-30)41(56)48-37(43(58)52-20-18-51(3)19-21-52)24-32-14-16-35(17-15-32)60-28-33-26-54(34)50-49-33/h4-17,26,29,34,36-39,45H,18-25,27-28H2,1-3H3,(H,46,57)(H,47,55)(H,48,56)/t29-,34-,36-,37-,38-,39-/m0/s1. The predicted octanol–water partition coefficient (Wildman–Crippen LogP) is 0.877. The van der Waals surface area contributed by atoms with Crippen LogP contribution in [0.3, 0.4) is 0 Å². The molecule has 4 aliphatic rings. The summed E-state index contributed by atoms with van der Waals surface area (Å²) in [7, 11) is 3.67. The Morgan fingerprint density at radius 3 is 2.25 bits per heavy atom. The minimum atomic E-state index is -1.11. The highest BCUT2D eigenvalue weighted by atomic mass is 16.5. The van der Waals surface area contributed by atoms with Crippen LogP contribution in [0.15, 0.2) is 91.1 Å². The van der Waals surface area contributed by atoms with Crippen LogP contribution in [0.25, 0.3) is 0 Å². The maximum Gasteiger partial charge on any atom is 0.246 e. The van der Waals surface area contributed by atoms with Crippen molar-refractivity contribution >= 4 is 29.5 Å². The molecule has 2 saturated heterocycles. The van der Waals surface area contributed by atoms with Gasteiger partial charge in [0.05, 0.1) is 18.3 Å². The normalized spacial score (nSPS) is 22.3. The third-order valence-corrected chi connectivity index (χ3v) is 11.6. The first-order valence-corrected chi connectivity index (χ1v) is 20.6. The van der Waals surface area contributed by atoms with E-state index in [1.165, 1.54) is 4.90 Å². The first kappa shape index (κ1) is 42.0. The molecule has 16 heteroatoms. The van der Waals surface area contributed by atoms with E-state index in [1.807, 2.05) is 92.0 Å². The van der Waals surface area contributed by atoms with Gasteiger partial charge in [-0.2, -0.15) is 0 Å². The molecule has 4 aliphatic heterocycles. The summed E-state index contributed by atoms with van der Waals surface area (Å²) < 4.78 is 7.70. The molecule has 0 spiro atoms. The van der Waals surface area contributed by atoms with Crippen LogP contribution < -0.4 is 26.0 Å². The zero-order chi connectivity index (χ0) is 42.2. The van der Waals surface area contributed by atoms with Crippen LogP contribution >= 0.6 is 0 Å². The van der Waals surface area contributed by atoms with Crippen molar-refractivity contribution in [3.05, 3.63) is 114 Å². The van der Waals surface area contributed by atoms with Crippen molar-refractivity contribution in [2.45, 2.75) is 75.5 Å². The van der Waals surface area contributed by atoms with Gasteiger partial charge in [0.2, 0.25) is 29.5 Å². The summed E-state index contributed by atoms with van der Waals surface area (Å²) in [6, 6.07) is 20.9. The average Bonchev–Trinajstić information content (AvgIpc) is 3.94. The second-order valence-electron chi connectivity index (χ2n) is 15.9. The van der Waals surface area contributed by atoms with Gasteiger partial charge in [-0.05, 0) is 49.8 Å². The third-order valence-electron chi connectivity index (χ3n) is 11.6. The number of likely N-dealkylation sites (N-methyl/N-ethyl adjacent to an activating group) is 2. The Hall–Kier alpha value is -6.13. The minimum absolute atomic E-state index is 0.0852. The van der Waals surface area contributed by atoms with Crippen LogP contribution in [0.5, 0.6) is 5.75 Å². The molecule has 6 atom stereocenters. The Kier molecular flexibility index (Phi) is 13.5. The van der Waals surface area contributed by atoms with Gasteiger partial charge in [0.15, 0.2) is 0 Å². The summed E-state index contributed by atoms with van der Waals surface area (Å²) in [6.45, 7) is 4.37. The fourth-order valence-electron chi connectivity index (χ4n) is 7.89. The molecule has 4 aromatic rings. The Bertz CT molecular complexity index is 2110. The number of nitrogens with one attached hydrogen (secondary N) is 4. The monoisotopic (exact) mass is 818 g/mol. The molecule has 3 aromatic carbocycles. The van der Waals surface area contributed by atoms with Crippen LogP contribution in [0.2, 0.25) is 0 Å². The molecule has 8 rings (SSSR count). The van der Waals surface area contributed by atoms with Crippen LogP contribution in [0.1, 0.15) is 41.8 Å². The number of hydrogen-bond acceptors (Lipinski definition) is 10. The molecule has 6 bridgehead atoms. The van der Waals surface area contributed by atoms with Gasteiger partial charge < -0.3 is 40.7 Å². The molecule has 316 valence electrons. The van der Waals surface area contributed by atoms with Crippen LogP contribution in [-0.2, 0) is 49.8 Å². The van der Waals surface area contributed by atoms with Crippen molar-refractivity contribution in [2.24, 2.45) is 0 Å². The summed E-state index contributed by atoms with van der Waals surface area (Å²) >= 11 is 0. The highest BCUT2D eigenvalue weighted by molar-refractivity contribution is 5.96. The smallest absolute Gasteiger partial charge is 0.246 e. The van der Waals surface area contributed by atoms with Crippen molar-refractivity contribution in [2.75, 3.05) is 46.8 Å². The zero-order valence-corrected chi connectivity index (χ0v) is 34.3. The highest BCUT2D eigenvalue weighted by Gasteiger charge is 2.44. The lowest BCUT2D eigenvalue weighted by Crippen LogP contribution is -2.60. The number of ether oxygens (including phenoxy) is 1. The predicted molar refractivity (Wildman–Crippen MR) is 222 cm³/mol. The first-order chi connectivity index (χ1) is 29.0. The number of fused-ring (bicyclic) bond motifs is 9. The van der Waals surface area contributed by atoms with E-state index in [1.54, 1.807) is 29.7 Å². The number of piperazine rings is 1. The lowest BCUT2D eigenvalue weighted by atomic mass is 10.0. The van der Waals surface area contributed by atoms with Crippen LogP contribution in [0.4, 0.5) is 0 Å². The van der Waals surface area contributed by atoms with Crippen molar-refractivity contribution < 1.29 is 28.7 Å². The van der Waals surface area contributed by atoms with Crippen LogP contribution in [-0.4, -0.2) is 136 Å². The Balaban J connectivity index is 1.24. The molecule has 0 radical (unpaired) electrons. The van der Waals surface area contributed by atoms with E-state index in [9.17, 15) is 24.0 Å². The minimum Gasteiger partial charge on any atom is -0.487 e. The maximum absolute atomic E-state index is 14.8. The van der Waals surface area contributed by atoms with E-state index in [0.29, 0.717) is 37.6 Å². The number of benzene rings is 3. The van der Waals surface area contributed by atoms with Gasteiger partial charge in [-0.25, -0.2) is 4.68 Å². The summed E-state index contributed by atoms with van der Waals surface area (Å²) in [5.41, 5.74) is 2.99. The molecule has 2 fully saturated rings. The van der Waals surface area contributed by atoms with E-state index in [4.69, 9.17) is 4.74 Å². The fraction of sp³-hybridized carbons (Fsp3) is 0.432.